The summed E-state index contributed by atoms with van der Waals surface area (Å²) in [5.41, 5.74) is 1.04. The Bertz CT molecular complexity index is 421. The highest BCUT2D eigenvalue weighted by atomic mass is 16.5. The van der Waals surface area contributed by atoms with Crippen LogP contribution in [0, 0.1) is 18.3 Å². The number of hydrogen-bond donors (Lipinski definition) is 1. The fourth-order valence-corrected chi connectivity index (χ4v) is 1.28. The molecule has 0 bridgehead atoms. The number of nitriles is 1. The van der Waals surface area contributed by atoms with Crippen molar-refractivity contribution in [3.05, 3.63) is 29.3 Å². The molecule has 0 saturated heterocycles. The van der Waals surface area contributed by atoms with E-state index < -0.39 is 5.97 Å². The number of carbonyl (C=O) groups is 1. The van der Waals surface area contributed by atoms with Crippen molar-refractivity contribution in [1.82, 2.24) is 0 Å². The van der Waals surface area contributed by atoms with E-state index in [0.29, 0.717) is 25.2 Å². The fourth-order valence-electron chi connectivity index (χ4n) is 1.28. The summed E-state index contributed by atoms with van der Waals surface area (Å²) in [5.74, 6) is -0.276. The minimum absolute atomic E-state index is 0.252. The Hall–Kier alpha value is -2.02. The van der Waals surface area contributed by atoms with Crippen LogP contribution >= 0.6 is 0 Å². The first-order valence-electron chi connectivity index (χ1n) is 4.99. The number of hydrogen-bond acceptors (Lipinski definition) is 3. The number of carboxylic acid groups (broad SMARTS) is 1. The molecule has 0 aromatic heterocycles. The molecule has 0 spiro atoms. The molecule has 1 rings (SSSR count). The second-order valence-electron chi connectivity index (χ2n) is 3.40. The maximum atomic E-state index is 10.7. The predicted molar refractivity (Wildman–Crippen MR) is 58.5 cm³/mol. The van der Waals surface area contributed by atoms with Crippen LogP contribution in [-0.4, -0.2) is 17.7 Å². The average molecular weight is 219 g/mol. The fraction of sp³-hybridized carbons (Fsp3) is 0.333. The van der Waals surface area contributed by atoms with E-state index in [0.717, 1.165) is 5.56 Å². The number of rotatable bonds is 5. The first-order chi connectivity index (χ1) is 7.65. The smallest absolute Gasteiger partial charge is 0.335 e. The molecule has 0 radical (unpaired) electrons. The molecule has 0 unspecified atom stereocenters. The standard InChI is InChI=1S/C12H13NO3/c1-9-8-10(12(14)15)4-5-11(9)16-7-3-2-6-13/h4-5,8H,2-3,7H2,1H3,(H,14,15). The van der Waals surface area contributed by atoms with E-state index >= 15 is 0 Å². The van der Waals surface area contributed by atoms with Gasteiger partial charge in [0.05, 0.1) is 18.2 Å². The SMILES string of the molecule is Cc1cc(C(=O)O)ccc1OCCCC#N. The molecule has 0 aliphatic carbocycles. The third kappa shape index (κ3) is 3.28. The van der Waals surface area contributed by atoms with Crippen LogP contribution < -0.4 is 4.74 Å². The van der Waals surface area contributed by atoms with E-state index in [1.54, 1.807) is 19.1 Å². The average Bonchev–Trinajstić information content (AvgIpc) is 2.26. The van der Waals surface area contributed by atoms with E-state index in [2.05, 4.69) is 0 Å². The summed E-state index contributed by atoms with van der Waals surface area (Å²) < 4.78 is 5.43. The van der Waals surface area contributed by atoms with Crippen molar-refractivity contribution in [3.63, 3.8) is 0 Å². The van der Waals surface area contributed by atoms with Crippen LogP contribution in [0.5, 0.6) is 5.75 Å². The molecule has 0 saturated carbocycles. The molecule has 4 nitrogen and oxygen atoms in total. The van der Waals surface area contributed by atoms with Gasteiger partial charge in [-0.05, 0) is 37.1 Å². The first-order valence-corrected chi connectivity index (χ1v) is 4.99. The Labute approximate surface area is 94.1 Å². The van der Waals surface area contributed by atoms with Crippen molar-refractivity contribution in [2.45, 2.75) is 19.8 Å². The van der Waals surface area contributed by atoms with E-state index in [9.17, 15) is 4.79 Å². The lowest BCUT2D eigenvalue weighted by Gasteiger charge is -2.08. The van der Waals surface area contributed by atoms with Gasteiger partial charge in [-0.25, -0.2) is 4.79 Å². The number of aryl methyl sites for hydroxylation is 1. The highest BCUT2D eigenvalue weighted by Crippen LogP contribution is 2.19. The molecule has 0 atom stereocenters. The molecule has 1 N–H and O–H groups in total. The van der Waals surface area contributed by atoms with Gasteiger partial charge >= 0.3 is 5.97 Å². The number of benzene rings is 1. The molecule has 1 aromatic carbocycles. The van der Waals surface area contributed by atoms with E-state index in [-0.39, 0.29) is 5.56 Å². The number of carboxylic acids is 1. The second-order valence-corrected chi connectivity index (χ2v) is 3.40. The summed E-state index contributed by atoms with van der Waals surface area (Å²) in [6.07, 6.45) is 1.14. The van der Waals surface area contributed by atoms with Gasteiger partial charge in [0.15, 0.2) is 0 Å². The summed E-state index contributed by atoms with van der Waals surface area (Å²) in [6.45, 7) is 2.27. The molecule has 1 aromatic rings. The van der Waals surface area contributed by atoms with Gasteiger partial charge in [-0.3, -0.25) is 0 Å². The normalized spacial score (nSPS) is 9.50. The lowest BCUT2D eigenvalue weighted by Crippen LogP contribution is -2.01. The van der Waals surface area contributed by atoms with Gasteiger partial charge < -0.3 is 9.84 Å². The van der Waals surface area contributed by atoms with Gasteiger partial charge in [-0.1, -0.05) is 0 Å². The van der Waals surface area contributed by atoms with Crippen molar-refractivity contribution >= 4 is 5.97 Å². The molecular weight excluding hydrogens is 206 g/mol. The van der Waals surface area contributed by atoms with Crippen LogP contribution in [0.2, 0.25) is 0 Å². The minimum Gasteiger partial charge on any atom is -0.493 e. The Kier molecular flexibility index (Phi) is 4.34. The summed E-state index contributed by atoms with van der Waals surface area (Å²) >= 11 is 0. The molecule has 0 aliphatic rings. The van der Waals surface area contributed by atoms with Crippen LogP contribution in [0.1, 0.15) is 28.8 Å². The van der Waals surface area contributed by atoms with Gasteiger partial charge in [0, 0.05) is 6.42 Å². The Balaban J connectivity index is 2.62. The Morgan fingerprint density at radius 2 is 2.31 bits per heavy atom. The molecule has 0 amide bonds. The Morgan fingerprint density at radius 1 is 1.56 bits per heavy atom. The highest BCUT2D eigenvalue weighted by Gasteiger charge is 2.05. The van der Waals surface area contributed by atoms with Gasteiger partial charge in [0.1, 0.15) is 5.75 Å². The van der Waals surface area contributed by atoms with Crippen LogP contribution in [0.15, 0.2) is 18.2 Å². The lowest BCUT2D eigenvalue weighted by molar-refractivity contribution is 0.0696. The van der Waals surface area contributed by atoms with Crippen molar-refractivity contribution in [1.29, 1.82) is 5.26 Å². The van der Waals surface area contributed by atoms with Crippen LogP contribution in [0.3, 0.4) is 0 Å². The molecule has 0 aliphatic heterocycles. The zero-order chi connectivity index (χ0) is 12.0. The van der Waals surface area contributed by atoms with Crippen molar-refractivity contribution < 1.29 is 14.6 Å². The van der Waals surface area contributed by atoms with Crippen LogP contribution in [0.4, 0.5) is 0 Å². The zero-order valence-corrected chi connectivity index (χ0v) is 9.06. The quantitative estimate of drug-likeness (QED) is 0.772. The second kappa shape index (κ2) is 5.76. The van der Waals surface area contributed by atoms with E-state index in [1.165, 1.54) is 6.07 Å². The van der Waals surface area contributed by atoms with Gasteiger partial charge in [-0.2, -0.15) is 5.26 Å². The molecular formula is C12H13NO3. The summed E-state index contributed by atoms with van der Waals surface area (Å²) in [4.78, 5) is 10.7. The lowest BCUT2D eigenvalue weighted by atomic mass is 10.1. The summed E-state index contributed by atoms with van der Waals surface area (Å²) in [5, 5.41) is 17.1. The monoisotopic (exact) mass is 219 g/mol. The first kappa shape index (κ1) is 12.1. The molecule has 0 heterocycles. The number of unbranched alkanes of at least 4 members (excludes halogenated alkanes) is 1. The van der Waals surface area contributed by atoms with Crippen LogP contribution in [-0.2, 0) is 0 Å². The Morgan fingerprint density at radius 3 is 2.88 bits per heavy atom. The number of nitrogens with zero attached hydrogens (tertiary/aromatic N) is 1. The number of ether oxygens (including phenoxy) is 1. The maximum absolute atomic E-state index is 10.7. The van der Waals surface area contributed by atoms with Crippen molar-refractivity contribution in [2.24, 2.45) is 0 Å². The zero-order valence-electron chi connectivity index (χ0n) is 9.06. The third-order valence-corrected chi connectivity index (χ3v) is 2.11. The number of aromatic carboxylic acids is 1. The van der Waals surface area contributed by atoms with E-state index in [1.807, 2.05) is 6.07 Å². The summed E-state index contributed by atoms with van der Waals surface area (Å²) in [7, 11) is 0. The predicted octanol–water partition coefficient (Wildman–Crippen LogP) is 2.38. The van der Waals surface area contributed by atoms with E-state index in [4.69, 9.17) is 15.1 Å². The van der Waals surface area contributed by atoms with Crippen LogP contribution in [0.25, 0.3) is 0 Å². The highest BCUT2D eigenvalue weighted by molar-refractivity contribution is 5.88. The van der Waals surface area contributed by atoms with Gasteiger partial charge in [0.2, 0.25) is 0 Å². The third-order valence-electron chi connectivity index (χ3n) is 2.11. The molecule has 0 fully saturated rings. The van der Waals surface area contributed by atoms with Gasteiger partial charge in [0.25, 0.3) is 0 Å². The van der Waals surface area contributed by atoms with Crippen molar-refractivity contribution in [3.8, 4) is 11.8 Å². The van der Waals surface area contributed by atoms with Gasteiger partial charge in [-0.15, -0.1) is 0 Å². The molecule has 84 valence electrons. The van der Waals surface area contributed by atoms with Crippen molar-refractivity contribution in [2.75, 3.05) is 6.61 Å². The molecule has 16 heavy (non-hydrogen) atoms. The molecule has 4 heteroatoms. The largest absolute Gasteiger partial charge is 0.493 e. The maximum Gasteiger partial charge on any atom is 0.335 e. The topological polar surface area (TPSA) is 70.3 Å². The summed E-state index contributed by atoms with van der Waals surface area (Å²) in [6, 6.07) is 6.76. The minimum atomic E-state index is -0.945.